The Bertz CT molecular complexity index is 656. The molecular formula is C17H27N3O2S2. The van der Waals surface area contributed by atoms with Crippen molar-refractivity contribution in [3.8, 4) is 0 Å². The molecule has 1 saturated carbocycles. The number of benzene rings is 1. The number of hydrogen-bond donors (Lipinski definition) is 2. The second kappa shape index (κ2) is 8.25. The summed E-state index contributed by atoms with van der Waals surface area (Å²) in [6, 6.07) is 10.3. The topological polar surface area (TPSA) is 70.6 Å². The molecule has 2 N–H and O–H groups in total. The third-order valence-electron chi connectivity index (χ3n) is 4.02. The molecule has 0 radical (unpaired) electrons. The van der Waals surface area contributed by atoms with E-state index in [0.717, 1.165) is 25.3 Å². The van der Waals surface area contributed by atoms with E-state index >= 15 is 0 Å². The average Bonchev–Trinajstić information content (AvgIpc) is 3.26. The van der Waals surface area contributed by atoms with E-state index in [1.807, 2.05) is 30.0 Å². The molecule has 0 bridgehead atoms. The van der Waals surface area contributed by atoms with Crippen molar-refractivity contribution in [2.24, 2.45) is 10.4 Å². The first-order chi connectivity index (χ1) is 11.3. The third kappa shape index (κ3) is 6.73. The van der Waals surface area contributed by atoms with Gasteiger partial charge in [-0.1, -0.05) is 25.1 Å². The van der Waals surface area contributed by atoms with Gasteiger partial charge in [-0.15, -0.1) is 11.8 Å². The zero-order valence-electron chi connectivity index (χ0n) is 14.6. The predicted octanol–water partition coefficient (Wildman–Crippen LogP) is 2.16. The molecule has 5 nitrogen and oxygen atoms in total. The van der Waals surface area contributed by atoms with E-state index in [0.29, 0.717) is 11.8 Å². The van der Waals surface area contributed by atoms with Gasteiger partial charge in [-0.05, 0) is 25.0 Å². The molecule has 0 heterocycles. The molecule has 0 aromatic heterocycles. The van der Waals surface area contributed by atoms with Crippen LogP contribution in [0, 0.1) is 5.41 Å². The van der Waals surface area contributed by atoms with Crippen molar-refractivity contribution in [2.75, 3.05) is 32.1 Å². The van der Waals surface area contributed by atoms with Crippen LogP contribution in [0.2, 0.25) is 0 Å². The van der Waals surface area contributed by atoms with E-state index in [4.69, 9.17) is 0 Å². The lowest BCUT2D eigenvalue weighted by molar-refractivity contribution is 0.529. The summed E-state index contributed by atoms with van der Waals surface area (Å²) in [6.07, 6.45) is 3.23. The molecule has 1 atom stereocenters. The Balaban J connectivity index is 1.75. The van der Waals surface area contributed by atoms with Crippen molar-refractivity contribution < 1.29 is 8.42 Å². The summed E-state index contributed by atoms with van der Waals surface area (Å²) in [5.74, 6) is 0.986. The fourth-order valence-corrected chi connectivity index (χ4v) is 5.06. The lowest BCUT2D eigenvalue weighted by Gasteiger charge is -2.19. The minimum Gasteiger partial charge on any atom is -0.356 e. The molecule has 1 aromatic carbocycles. The highest BCUT2D eigenvalue weighted by Crippen LogP contribution is 2.45. The minimum absolute atomic E-state index is 0.102. The summed E-state index contributed by atoms with van der Waals surface area (Å²) in [4.78, 5) is 5.48. The fraction of sp³-hybridized carbons (Fsp3) is 0.588. The summed E-state index contributed by atoms with van der Waals surface area (Å²) >= 11 is 1.82. The molecule has 1 aliphatic carbocycles. The van der Waals surface area contributed by atoms with Crippen LogP contribution in [0.3, 0.4) is 0 Å². The van der Waals surface area contributed by atoms with Crippen molar-refractivity contribution in [1.29, 1.82) is 0 Å². The van der Waals surface area contributed by atoms with Crippen LogP contribution in [0.5, 0.6) is 0 Å². The third-order valence-corrected chi connectivity index (χ3v) is 6.27. The Morgan fingerprint density at radius 3 is 2.50 bits per heavy atom. The van der Waals surface area contributed by atoms with Crippen LogP contribution in [0.4, 0.5) is 0 Å². The molecular weight excluding hydrogens is 342 g/mol. The van der Waals surface area contributed by atoms with E-state index in [2.05, 4.69) is 34.7 Å². The Hall–Kier alpha value is -1.21. The fourth-order valence-electron chi connectivity index (χ4n) is 2.61. The molecule has 7 heteroatoms. The lowest BCUT2D eigenvalue weighted by Crippen LogP contribution is -2.43. The van der Waals surface area contributed by atoms with E-state index in [1.165, 1.54) is 11.2 Å². The van der Waals surface area contributed by atoms with E-state index < -0.39 is 9.84 Å². The number of rotatable bonds is 8. The zero-order valence-corrected chi connectivity index (χ0v) is 16.2. The van der Waals surface area contributed by atoms with Gasteiger partial charge in [0.25, 0.3) is 0 Å². The number of nitrogens with zero attached hydrogens (tertiary/aromatic N) is 1. The summed E-state index contributed by atoms with van der Waals surface area (Å²) in [5, 5.41) is 7.00. The zero-order chi connectivity index (χ0) is 17.6. The normalized spacial score (nSPS) is 18.0. The van der Waals surface area contributed by atoms with Crippen molar-refractivity contribution in [1.82, 2.24) is 10.6 Å². The van der Waals surface area contributed by atoms with Gasteiger partial charge in [0.1, 0.15) is 9.84 Å². The molecule has 24 heavy (non-hydrogen) atoms. The maximum absolute atomic E-state index is 11.5. The van der Waals surface area contributed by atoms with Gasteiger partial charge in [-0.2, -0.15) is 0 Å². The van der Waals surface area contributed by atoms with Crippen LogP contribution in [-0.2, 0) is 9.84 Å². The average molecular weight is 370 g/mol. The van der Waals surface area contributed by atoms with Gasteiger partial charge in [-0.3, -0.25) is 4.99 Å². The van der Waals surface area contributed by atoms with Crippen LogP contribution in [0.1, 0.15) is 19.8 Å². The van der Waals surface area contributed by atoms with Crippen LogP contribution < -0.4 is 10.6 Å². The van der Waals surface area contributed by atoms with Gasteiger partial charge >= 0.3 is 0 Å². The minimum atomic E-state index is -2.94. The number of guanidine groups is 1. The molecule has 1 aliphatic rings. The van der Waals surface area contributed by atoms with Gasteiger partial charge in [0.2, 0.25) is 0 Å². The molecule has 0 amide bonds. The van der Waals surface area contributed by atoms with E-state index in [9.17, 15) is 8.42 Å². The number of nitrogens with one attached hydrogen (secondary N) is 2. The van der Waals surface area contributed by atoms with E-state index in [1.54, 1.807) is 7.05 Å². The van der Waals surface area contributed by atoms with Crippen molar-refractivity contribution in [2.45, 2.75) is 29.9 Å². The van der Waals surface area contributed by atoms with Crippen LogP contribution in [0.15, 0.2) is 40.2 Å². The lowest BCUT2D eigenvalue weighted by atomic mass is 10.1. The van der Waals surface area contributed by atoms with Crippen LogP contribution in [0.25, 0.3) is 0 Å². The molecule has 134 valence electrons. The molecule has 1 fully saturated rings. The standard InChI is InChI=1S/C17H27N3O2S2/c1-14(23-15-7-5-4-6-8-15)11-19-16(18-2)20-12-17(9-10-17)13-24(3,21)22/h4-8,14H,9-13H2,1-3H3,(H2,18,19,20). The summed E-state index contributed by atoms with van der Waals surface area (Å²) in [7, 11) is -1.20. The van der Waals surface area contributed by atoms with Gasteiger partial charge in [0, 0.05) is 42.0 Å². The van der Waals surface area contributed by atoms with Gasteiger partial charge in [0.15, 0.2) is 5.96 Å². The van der Waals surface area contributed by atoms with Crippen molar-refractivity contribution >= 4 is 27.6 Å². The monoisotopic (exact) mass is 369 g/mol. The van der Waals surface area contributed by atoms with Gasteiger partial charge < -0.3 is 10.6 Å². The highest BCUT2D eigenvalue weighted by Gasteiger charge is 2.45. The predicted molar refractivity (Wildman–Crippen MR) is 103 cm³/mol. The van der Waals surface area contributed by atoms with Crippen LogP contribution in [-0.4, -0.2) is 51.8 Å². The number of thioether (sulfide) groups is 1. The molecule has 0 saturated heterocycles. The largest absolute Gasteiger partial charge is 0.356 e. The summed E-state index contributed by atoms with van der Waals surface area (Å²) in [6.45, 7) is 3.61. The quantitative estimate of drug-likeness (QED) is 0.417. The Kier molecular flexibility index (Phi) is 6.57. The molecule has 1 unspecified atom stereocenters. The highest BCUT2D eigenvalue weighted by atomic mass is 32.2. The number of aliphatic imine (C=N–C) groups is 1. The van der Waals surface area contributed by atoms with Gasteiger partial charge in [0.05, 0.1) is 5.75 Å². The molecule has 2 rings (SSSR count). The number of sulfone groups is 1. The first-order valence-corrected chi connectivity index (χ1v) is 11.1. The second-order valence-corrected chi connectivity index (χ2v) is 10.3. The SMILES string of the molecule is CN=C(NCC(C)Sc1ccccc1)NCC1(CS(C)(=O)=O)CC1. The molecule has 0 spiro atoms. The number of hydrogen-bond acceptors (Lipinski definition) is 4. The maximum Gasteiger partial charge on any atom is 0.191 e. The molecule has 1 aromatic rings. The Labute approximate surface area is 149 Å². The summed E-state index contributed by atoms with van der Waals surface area (Å²) in [5.41, 5.74) is -0.102. The van der Waals surface area contributed by atoms with Crippen LogP contribution >= 0.6 is 11.8 Å². The first kappa shape index (κ1) is 19.1. The smallest absolute Gasteiger partial charge is 0.191 e. The highest BCUT2D eigenvalue weighted by molar-refractivity contribution is 8.00. The van der Waals surface area contributed by atoms with E-state index in [-0.39, 0.29) is 11.2 Å². The first-order valence-electron chi connectivity index (χ1n) is 8.16. The Morgan fingerprint density at radius 2 is 1.96 bits per heavy atom. The maximum atomic E-state index is 11.5. The molecule has 0 aliphatic heterocycles. The second-order valence-electron chi connectivity index (χ2n) is 6.62. The summed E-state index contributed by atoms with van der Waals surface area (Å²) < 4.78 is 23.0. The van der Waals surface area contributed by atoms with Crippen molar-refractivity contribution in [3.63, 3.8) is 0 Å². The van der Waals surface area contributed by atoms with Crippen molar-refractivity contribution in [3.05, 3.63) is 30.3 Å². The Morgan fingerprint density at radius 1 is 1.29 bits per heavy atom. The van der Waals surface area contributed by atoms with Gasteiger partial charge in [-0.25, -0.2) is 8.42 Å².